The number of thiophene rings is 1. The molecular weight excluding hydrogens is 242 g/mol. The summed E-state index contributed by atoms with van der Waals surface area (Å²) in [7, 11) is 0. The smallest absolute Gasteiger partial charge is 0.217 e. The summed E-state index contributed by atoms with van der Waals surface area (Å²) in [6.45, 7) is 2.04. The van der Waals surface area contributed by atoms with Crippen molar-refractivity contribution in [3.63, 3.8) is 0 Å². The zero-order valence-corrected chi connectivity index (χ0v) is 10.3. The van der Waals surface area contributed by atoms with Gasteiger partial charge in [-0.25, -0.2) is 4.98 Å². The lowest BCUT2D eigenvalue weighted by Gasteiger charge is -2.02. The second-order valence-electron chi connectivity index (χ2n) is 3.26. The molecule has 2 rings (SSSR count). The van der Waals surface area contributed by atoms with Gasteiger partial charge in [0.2, 0.25) is 5.91 Å². The van der Waals surface area contributed by atoms with Crippen molar-refractivity contribution in [3.05, 3.63) is 22.4 Å². The highest BCUT2D eigenvalue weighted by molar-refractivity contribution is 7.15. The fourth-order valence-electron chi connectivity index (χ4n) is 1.31. The van der Waals surface area contributed by atoms with Gasteiger partial charge in [-0.1, -0.05) is 0 Å². The molecule has 0 bridgehead atoms. The topological polar surface area (TPSA) is 68.0 Å². The lowest BCUT2D eigenvalue weighted by Crippen LogP contribution is -2.18. The van der Waals surface area contributed by atoms with E-state index in [1.54, 1.807) is 11.3 Å². The van der Waals surface area contributed by atoms with Gasteiger partial charge in [0.1, 0.15) is 0 Å². The highest BCUT2D eigenvalue weighted by Gasteiger charge is 2.10. The van der Waals surface area contributed by atoms with E-state index in [-0.39, 0.29) is 5.91 Å². The van der Waals surface area contributed by atoms with Crippen LogP contribution in [0.4, 0.5) is 5.13 Å². The van der Waals surface area contributed by atoms with Crippen LogP contribution in [0.15, 0.2) is 16.8 Å². The molecule has 3 N–H and O–H groups in total. The molecule has 0 fully saturated rings. The molecule has 16 heavy (non-hydrogen) atoms. The van der Waals surface area contributed by atoms with E-state index in [1.807, 2.05) is 16.8 Å². The van der Waals surface area contributed by atoms with Crippen LogP contribution in [0, 0.1) is 0 Å². The van der Waals surface area contributed by atoms with Crippen molar-refractivity contribution < 1.29 is 4.79 Å². The average Bonchev–Trinajstić information content (AvgIpc) is 2.82. The maximum atomic E-state index is 10.8. The molecule has 2 aromatic heterocycles. The van der Waals surface area contributed by atoms with Crippen molar-refractivity contribution in [1.29, 1.82) is 0 Å². The molecule has 0 aromatic carbocycles. The molecule has 2 aromatic rings. The maximum absolute atomic E-state index is 10.8. The van der Waals surface area contributed by atoms with Crippen molar-refractivity contribution in [1.82, 2.24) is 10.3 Å². The number of carbonyl (C=O) groups is 1. The van der Waals surface area contributed by atoms with E-state index < -0.39 is 0 Å². The molecule has 2 heterocycles. The van der Waals surface area contributed by atoms with E-state index >= 15 is 0 Å². The second-order valence-corrected chi connectivity index (χ2v) is 5.06. The third kappa shape index (κ3) is 2.40. The molecule has 0 aliphatic heterocycles. The number of hydrogen-bond acceptors (Lipinski definition) is 5. The van der Waals surface area contributed by atoms with Gasteiger partial charge in [-0.05, 0) is 17.0 Å². The first-order valence-electron chi connectivity index (χ1n) is 4.69. The van der Waals surface area contributed by atoms with Crippen LogP contribution in [0.2, 0.25) is 0 Å². The highest BCUT2D eigenvalue weighted by atomic mass is 32.1. The predicted molar refractivity (Wildman–Crippen MR) is 67.4 cm³/mol. The number of rotatable bonds is 3. The summed E-state index contributed by atoms with van der Waals surface area (Å²) in [6.07, 6.45) is 0. The molecule has 1 amide bonds. The Bertz CT molecular complexity index is 504. The van der Waals surface area contributed by atoms with Gasteiger partial charge in [-0.15, -0.1) is 22.7 Å². The number of thiazole rings is 1. The molecule has 6 heteroatoms. The monoisotopic (exact) mass is 253 g/mol. The third-order valence-corrected chi connectivity index (χ3v) is 3.68. The number of nitrogens with one attached hydrogen (secondary N) is 1. The summed E-state index contributed by atoms with van der Waals surface area (Å²) >= 11 is 3.03. The SMILES string of the molecule is CC(=O)NCc1ccsc1-c1csc(N)n1. The molecule has 0 unspecified atom stereocenters. The van der Waals surface area contributed by atoms with Gasteiger partial charge in [0.15, 0.2) is 5.13 Å². The Labute approximate surface area is 101 Å². The van der Waals surface area contributed by atoms with Gasteiger partial charge >= 0.3 is 0 Å². The molecule has 0 spiro atoms. The largest absolute Gasteiger partial charge is 0.375 e. The molecule has 0 saturated heterocycles. The zero-order valence-electron chi connectivity index (χ0n) is 8.69. The number of nitrogen functional groups attached to an aromatic ring is 1. The number of carbonyl (C=O) groups excluding carboxylic acids is 1. The maximum Gasteiger partial charge on any atom is 0.217 e. The minimum atomic E-state index is -0.0325. The summed E-state index contributed by atoms with van der Waals surface area (Å²) in [4.78, 5) is 16.2. The van der Waals surface area contributed by atoms with Crippen molar-refractivity contribution in [2.24, 2.45) is 0 Å². The van der Waals surface area contributed by atoms with E-state index in [9.17, 15) is 4.79 Å². The van der Waals surface area contributed by atoms with Crippen LogP contribution in [0.1, 0.15) is 12.5 Å². The first kappa shape index (κ1) is 11.1. The van der Waals surface area contributed by atoms with Crippen molar-refractivity contribution in [2.75, 3.05) is 5.73 Å². The summed E-state index contributed by atoms with van der Waals surface area (Å²) in [5, 5.41) is 7.26. The van der Waals surface area contributed by atoms with Gasteiger partial charge in [0.25, 0.3) is 0 Å². The first-order valence-corrected chi connectivity index (χ1v) is 6.45. The van der Waals surface area contributed by atoms with E-state index in [1.165, 1.54) is 18.3 Å². The Balaban J connectivity index is 2.22. The molecule has 0 saturated carbocycles. The third-order valence-electron chi connectivity index (χ3n) is 2.03. The molecular formula is C10H11N3OS2. The number of nitrogens with two attached hydrogens (primary N) is 1. The van der Waals surface area contributed by atoms with Gasteiger partial charge in [-0.2, -0.15) is 0 Å². The fraction of sp³-hybridized carbons (Fsp3) is 0.200. The number of anilines is 1. The number of nitrogens with zero attached hydrogens (tertiary/aromatic N) is 1. The minimum Gasteiger partial charge on any atom is -0.375 e. The lowest BCUT2D eigenvalue weighted by atomic mass is 10.2. The van der Waals surface area contributed by atoms with E-state index in [4.69, 9.17) is 5.73 Å². The van der Waals surface area contributed by atoms with Gasteiger partial charge in [0.05, 0.1) is 10.6 Å². The molecule has 0 radical (unpaired) electrons. The van der Waals surface area contributed by atoms with Gasteiger partial charge < -0.3 is 11.1 Å². The molecule has 0 aliphatic rings. The van der Waals surface area contributed by atoms with E-state index in [2.05, 4.69) is 10.3 Å². The van der Waals surface area contributed by atoms with Crippen molar-refractivity contribution in [3.8, 4) is 10.6 Å². The van der Waals surface area contributed by atoms with Crippen LogP contribution in [0.25, 0.3) is 10.6 Å². The van der Waals surface area contributed by atoms with Crippen LogP contribution in [-0.2, 0) is 11.3 Å². The van der Waals surface area contributed by atoms with Crippen LogP contribution < -0.4 is 11.1 Å². The normalized spacial score (nSPS) is 10.3. The predicted octanol–water partition coefficient (Wildman–Crippen LogP) is 2.09. The summed E-state index contributed by atoms with van der Waals surface area (Å²) in [5.74, 6) is -0.0325. The van der Waals surface area contributed by atoms with Crippen LogP contribution in [-0.4, -0.2) is 10.9 Å². The molecule has 0 atom stereocenters. The van der Waals surface area contributed by atoms with Crippen LogP contribution in [0.3, 0.4) is 0 Å². The van der Waals surface area contributed by atoms with Crippen molar-refractivity contribution >= 4 is 33.7 Å². The molecule has 84 valence electrons. The summed E-state index contributed by atoms with van der Waals surface area (Å²) < 4.78 is 0. The van der Waals surface area contributed by atoms with Gasteiger partial charge in [0, 0.05) is 18.8 Å². The summed E-state index contributed by atoms with van der Waals surface area (Å²) in [5.41, 5.74) is 7.56. The zero-order chi connectivity index (χ0) is 11.5. The Hall–Kier alpha value is -1.40. The lowest BCUT2D eigenvalue weighted by molar-refractivity contribution is -0.119. The quantitative estimate of drug-likeness (QED) is 0.880. The summed E-state index contributed by atoms with van der Waals surface area (Å²) in [6, 6.07) is 1.99. The standard InChI is InChI=1S/C10H11N3OS2/c1-6(14)12-4-7-2-3-15-9(7)8-5-16-10(11)13-8/h2-3,5H,4H2,1H3,(H2,11,13)(H,12,14). The minimum absolute atomic E-state index is 0.0325. The Morgan fingerprint density at radius 3 is 3.00 bits per heavy atom. The number of hydrogen-bond donors (Lipinski definition) is 2. The second kappa shape index (κ2) is 4.63. The van der Waals surface area contributed by atoms with Gasteiger partial charge in [-0.3, -0.25) is 4.79 Å². The fourth-order valence-corrected chi connectivity index (χ4v) is 2.83. The number of aromatic nitrogens is 1. The van der Waals surface area contributed by atoms with E-state index in [0.717, 1.165) is 16.1 Å². The van der Waals surface area contributed by atoms with Crippen LogP contribution in [0.5, 0.6) is 0 Å². The highest BCUT2D eigenvalue weighted by Crippen LogP contribution is 2.31. The first-order chi connectivity index (χ1) is 7.66. The Morgan fingerprint density at radius 1 is 1.56 bits per heavy atom. The average molecular weight is 253 g/mol. The Kier molecular flexibility index (Phi) is 3.21. The van der Waals surface area contributed by atoms with Crippen molar-refractivity contribution in [2.45, 2.75) is 13.5 Å². The molecule has 0 aliphatic carbocycles. The Morgan fingerprint density at radius 2 is 2.38 bits per heavy atom. The molecule has 4 nitrogen and oxygen atoms in total. The van der Waals surface area contributed by atoms with E-state index in [0.29, 0.717) is 11.7 Å². The van der Waals surface area contributed by atoms with Crippen LogP contribution >= 0.6 is 22.7 Å². The number of amides is 1.